The average Bonchev–Trinajstić information content (AvgIpc) is 3.78. The normalized spacial score (nSPS) is 13.3. The highest BCUT2D eigenvalue weighted by Crippen LogP contribution is 2.54. The van der Waals surface area contributed by atoms with E-state index in [-0.39, 0.29) is 5.41 Å². The number of fused-ring (bicyclic) bond motifs is 12. The van der Waals surface area contributed by atoms with Crippen molar-refractivity contribution in [1.29, 1.82) is 0 Å². The van der Waals surface area contributed by atoms with Crippen molar-refractivity contribution in [3.8, 4) is 44.5 Å². The molecule has 0 bridgehead atoms. The summed E-state index contributed by atoms with van der Waals surface area (Å²) in [6.45, 7) is 4.80. The number of thiophene rings is 1. The molecule has 60 heavy (non-hydrogen) atoms. The van der Waals surface area contributed by atoms with Crippen LogP contribution < -0.4 is 0 Å². The van der Waals surface area contributed by atoms with Crippen molar-refractivity contribution in [2.45, 2.75) is 19.3 Å². The Bertz CT molecular complexity index is 3740. The fraction of sp³-hybridized carbons (Fsp3) is 0.0508. The minimum absolute atomic E-state index is 0.0954. The molecule has 0 unspecified atom stereocenters. The molecule has 0 saturated carbocycles. The lowest BCUT2D eigenvalue weighted by molar-refractivity contribution is 0.661. The molecule has 11 aromatic carbocycles. The third-order valence-electron chi connectivity index (χ3n) is 13.7. The Morgan fingerprint density at radius 1 is 0.317 bits per heavy atom. The van der Waals surface area contributed by atoms with Crippen LogP contribution in [-0.4, -0.2) is 0 Å². The first-order chi connectivity index (χ1) is 29.5. The molecule has 0 spiro atoms. The Balaban J connectivity index is 1.02. The second-order valence-corrected chi connectivity index (χ2v) is 18.2. The smallest absolute Gasteiger partial charge is 0.0433 e. The number of rotatable bonds is 3. The van der Waals surface area contributed by atoms with Gasteiger partial charge in [-0.3, -0.25) is 0 Å². The predicted molar refractivity (Wildman–Crippen MR) is 261 cm³/mol. The quantitative estimate of drug-likeness (QED) is 0.157. The molecule has 280 valence electrons. The molecule has 1 aromatic heterocycles. The minimum atomic E-state index is -0.0954. The molecule has 0 radical (unpaired) electrons. The first-order valence-corrected chi connectivity index (χ1v) is 21.8. The average molecular weight is 779 g/mol. The predicted octanol–water partition coefficient (Wildman–Crippen LogP) is 17.1. The van der Waals surface area contributed by atoms with Gasteiger partial charge < -0.3 is 0 Å². The highest BCUT2D eigenvalue weighted by molar-refractivity contribution is 7.26. The molecular weight excluding hydrogens is 741 g/mol. The van der Waals surface area contributed by atoms with E-state index >= 15 is 0 Å². The molecule has 1 aliphatic rings. The fourth-order valence-corrected chi connectivity index (χ4v) is 12.1. The van der Waals surface area contributed by atoms with Gasteiger partial charge >= 0.3 is 0 Å². The van der Waals surface area contributed by atoms with Gasteiger partial charge in [0, 0.05) is 25.6 Å². The Morgan fingerprint density at radius 2 is 0.833 bits per heavy atom. The first kappa shape index (κ1) is 33.9. The minimum Gasteiger partial charge on any atom is -0.135 e. The van der Waals surface area contributed by atoms with Gasteiger partial charge in [-0.25, -0.2) is 0 Å². The maximum Gasteiger partial charge on any atom is 0.0433 e. The molecule has 12 aromatic rings. The van der Waals surface area contributed by atoms with Crippen LogP contribution in [0.2, 0.25) is 0 Å². The molecule has 0 fully saturated rings. The van der Waals surface area contributed by atoms with E-state index in [1.807, 2.05) is 11.3 Å². The second-order valence-electron chi connectivity index (χ2n) is 17.1. The van der Waals surface area contributed by atoms with Crippen LogP contribution in [0.3, 0.4) is 0 Å². The van der Waals surface area contributed by atoms with Crippen molar-refractivity contribution in [3.63, 3.8) is 0 Å². The lowest BCUT2D eigenvalue weighted by Gasteiger charge is -2.22. The summed E-state index contributed by atoms with van der Waals surface area (Å²) in [5.41, 5.74) is 13.1. The Labute approximate surface area is 352 Å². The van der Waals surface area contributed by atoms with Gasteiger partial charge in [0.05, 0.1) is 0 Å². The van der Waals surface area contributed by atoms with Crippen molar-refractivity contribution in [2.75, 3.05) is 0 Å². The highest BCUT2D eigenvalue weighted by atomic mass is 32.1. The molecule has 0 saturated heterocycles. The summed E-state index contributed by atoms with van der Waals surface area (Å²) < 4.78 is 2.75. The van der Waals surface area contributed by atoms with Crippen LogP contribution in [0.15, 0.2) is 194 Å². The molecule has 1 heterocycles. The summed E-state index contributed by atoms with van der Waals surface area (Å²) in [4.78, 5) is 0. The summed E-state index contributed by atoms with van der Waals surface area (Å²) in [6.07, 6.45) is 0. The van der Waals surface area contributed by atoms with Crippen LogP contribution in [0, 0.1) is 0 Å². The number of benzene rings is 11. The van der Waals surface area contributed by atoms with E-state index in [9.17, 15) is 0 Å². The summed E-state index contributed by atoms with van der Waals surface area (Å²) in [7, 11) is 0. The first-order valence-electron chi connectivity index (χ1n) is 21.0. The molecule has 1 aliphatic carbocycles. The van der Waals surface area contributed by atoms with Gasteiger partial charge in [-0.15, -0.1) is 11.3 Å². The molecule has 0 aliphatic heterocycles. The van der Waals surface area contributed by atoms with Crippen molar-refractivity contribution in [1.82, 2.24) is 0 Å². The number of hydrogen-bond donors (Lipinski definition) is 0. The summed E-state index contributed by atoms with van der Waals surface area (Å²) in [5.74, 6) is 0. The Morgan fingerprint density at radius 3 is 1.52 bits per heavy atom. The SMILES string of the molecule is CC1(C)c2ccc(-c3ccc(-c4c5ccccc5c(-c5cccc6ccccc56)c5ccccc45)c4ccccc34)cc2-c2cc3c(cc21)sc1c2ccccc2ccc31. The van der Waals surface area contributed by atoms with Gasteiger partial charge in [-0.05, 0) is 128 Å². The van der Waals surface area contributed by atoms with E-state index in [1.54, 1.807) is 0 Å². The molecule has 0 amide bonds. The van der Waals surface area contributed by atoms with Crippen LogP contribution in [0.25, 0.3) is 119 Å². The Hall–Kier alpha value is -7.06. The Kier molecular flexibility index (Phi) is 7.04. The zero-order valence-corrected chi connectivity index (χ0v) is 34.2. The zero-order chi connectivity index (χ0) is 39.7. The summed E-state index contributed by atoms with van der Waals surface area (Å²) in [5, 5.41) is 15.5. The molecule has 0 nitrogen and oxygen atoms in total. The van der Waals surface area contributed by atoms with Crippen molar-refractivity contribution >= 4 is 85.4 Å². The van der Waals surface area contributed by atoms with E-state index in [0.29, 0.717) is 0 Å². The topological polar surface area (TPSA) is 0 Å². The third-order valence-corrected chi connectivity index (χ3v) is 14.9. The maximum absolute atomic E-state index is 2.50. The van der Waals surface area contributed by atoms with E-state index in [2.05, 4.69) is 208 Å². The van der Waals surface area contributed by atoms with Crippen LogP contribution >= 0.6 is 11.3 Å². The zero-order valence-electron chi connectivity index (χ0n) is 33.4. The molecule has 0 atom stereocenters. The van der Waals surface area contributed by atoms with Crippen LogP contribution in [-0.2, 0) is 5.41 Å². The van der Waals surface area contributed by atoms with Gasteiger partial charge in [-0.2, -0.15) is 0 Å². The maximum atomic E-state index is 2.50. The van der Waals surface area contributed by atoms with Crippen molar-refractivity contribution < 1.29 is 0 Å². The van der Waals surface area contributed by atoms with Crippen LogP contribution in [0.5, 0.6) is 0 Å². The van der Waals surface area contributed by atoms with Gasteiger partial charge in [0.15, 0.2) is 0 Å². The van der Waals surface area contributed by atoms with Gasteiger partial charge in [0.25, 0.3) is 0 Å². The summed E-state index contributed by atoms with van der Waals surface area (Å²) in [6, 6.07) is 73.0. The van der Waals surface area contributed by atoms with E-state index in [1.165, 1.54) is 130 Å². The molecule has 1 heteroatoms. The lowest BCUT2D eigenvalue weighted by atomic mass is 9.81. The standard InChI is InChI=1S/C59H38S/c1-59(2)53-31-27-37(32-50(53)51-33-52-49-28-26-36-15-4-6-18-40(36)58(49)60-55(52)34-54(51)59)39-29-30-48(42-20-8-7-19-41(39)42)57-46-23-11-9-21-44(46)56(45-22-10-12-24-47(45)57)43-25-13-16-35-14-3-5-17-38(35)43/h3-34H,1-2H3. The van der Waals surface area contributed by atoms with E-state index in [0.717, 1.165) is 0 Å². The van der Waals surface area contributed by atoms with Crippen molar-refractivity contribution in [2.24, 2.45) is 0 Å². The van der Waals surface area contributed by atoms with Crippen LogP contribution in [0.4, 0.5) is 0 Å². The van der Waals surface area contributed by atoms with Crippen LogP contribution in [0.1, 0.15) is 25.0 Å². The lowest BCUT2D eigenvalue weighted by Crippen LogP contribution is -2.14. The number of hydrogen-bond acceptors (Lipinski definition) is 1. The second kappa shape index (κ2) is 12.5. The van der Waals surface area contributed by atoms with Gasteiger partial charge in [-0.1, -0.05) is 190 Å². The van der Waals surface area contributed by atoms with Crippen molar-refractivity contribution in [3.05, 3.63) is 205 Å². The highest BCUT2D eigenvalue weighted by Gasteiger charge is 2.36. The van der Waals surface area contributed by atoms with Gasteiger partial charge in [0.2, 0.25) is 0 Å². The van der Waals surface area contributed by atoms with E-state index < -0.39 is 0 Å². The summed E-state index contributed by atoms with van der Waals surface area (Å²) >= 11 is 1.94. The monoisotopic (exact) mass is 778 g/mol. The molecule has 0 N–H and O–H groups in total. The molecule has 13 rings (SSSR count). The van der Waals surface area contributed by atoms with Gasteiger partial charge in [0.1, 0.15) is 0 Å². The third kappa shape index (κ3) is 4.67. The molecular formula is C59H38S. The van der Waals surface area contributed by atoms with E-state index in [4.69, 9.17) is 0 Å². The fourth-order valence-electron chi connectivity index (χ4n) is 10.8. The largest absolute Gasteiger partial charge is 0.135 e.